The lowest BCUT2D eigenvalue weighted by Crippen LogP contribution is -2.31. The second kappa shape index (κ2) is 6.71. The summed E-state index contributed by atoms with van der Waals surface area (Å²) in [6.07, 6.45) is 5.07. The van der Waals surface area contributed by atoms with Gasteiger partial charge in [-0.3, -0.25) is 4.98 Å². The topological polar surface area (TPSA) is 33.1 Å². The molecule has 1 saturated heterocycles. The van der Waals surface area contributed by atoms with Crippen LogP contribution in [0.25, 0.3) is 0 Å². The van der Waals surface area contributed by atoms with Crippen LogP contribution < -0.4 is 5.32 Å². The van der Waals surface area contributed by atoms with E-state index in [-0.39, 0.29) is 12.1 Å². The van der Waals surface area contributed by atoms with Crippen LogP contribution in [0.15, 0.2) is 42.7 Å². The van der Waals surface area contributed by atoms with Gasteiger partial charge in [-0.25, -0.2) is 0 Å². The fraction of sp³-hybridized carbons (Fsp3) is 0.444. The summed E-state index contributed by atoms with van der Waals surface area (Å²) in [7, 11) is 0. The zero-order chi connectivity index (χ0) is 16.4. The van der Waals surface area contributed by atoms with Crippen molar-refractivity contribution in [2.75, 3.05) is 6.54 Å². The molecule has 23 heavy (non-hydrogen) atoms. The van der Waals surface area contributed by atoms with Crippen LogP contribution in [0.3, 0.4) is 0 Å². The molecule has 1 N–H and O–H groups in total. The highest BCUT2D eigenvalue weighted by Crippen LogP contribution is 2.39. The van der Waals surface area contributed by atoms with Crippen LogP contribution >= 0.6 is 12.2 Å². The first-order valence-corrected chi connectivity index (χ1v) is 8.69. The Bertz CT molecular complexity index is 665. The minimum atomic E-state index is 0.0858. The van der Waals surface area contributed by atoms with Gasteiger partial charge >= 0.3 is 0 Å². The predicted octanol–water partition coefficient (Wildman–Crippen LogP) is 3.85. The first-order chi connectivity index (χ1) is 11.1. The van der Waals surface area contributed by atoms with Crippen molar-refractivity contribution in [3.63, 3.8) is 0 Å². The molecule has 0 saturated carbocycles. The molecule has 2 aromatic heterocycles. The average molecular weight is 328 g/mol. The van der Waals surface area contributed by atoms with Crippen LogP contribution in [0, 0.1) is 0 Å². The summed E-state index contributed by atoms with van der Waals surface area (Å²) in [6, 6.07) is 11.1. The summed E-state index contributed by atoms with van der Waals surface area (Å²) < 4.78 is 2.33. The molecule has 1 aliphatic rings. The molecule has 0 aliphatic carbocycles. The molecule has 0 radical (unpaired) electrons. The van der Waals surface area contributed by atoms with Crippen molar-refractivity contribution in [1.82, 2.24) is 19.8 Å². The maximum atomic E-state index is 5.62. The van der Waals surface area contributed by atoms with Crippen molar-refractivity contribution in [1.29, 1.82) is 0 Å². The summed E-state index contributed by atoms with van der Waals surface area (Å²) in [5.74, 6) is 0. The molecule has 1 fully saturated rings. The second-order valence-corrected chi connectivity index (χ2v) is 6.64. The summed E-state index contributed by atoms with van der Waals surface area (Å²) in [4.78, 5) is 6.87. The summed E-state index contributed by atoms with van der Waals surface area (Å²) >= 11 is 5.62. The summed E-state index contributed by atoms with van der Waals surface area (Å²) in [5.41, 5.74) is 2.33. The molecule has 5 heteroatoms. The van der Waals surface area contributed by atoms with E-state index >= 15 is 0 Å². The van der Waals surface area contributed by atoms with Crippen LogP contribution in [0.4, 0.5) is 0 Å². The lowest BCUT2D eigenvalue weighted by Gasteiger charge is -2.29. The highest BCUT2D eigenvalue weighted by atomic mass is 32.1. The summed E-state index contributed by atoms with van der Waals surface area (Å²) in [5, 5.41) is 4.31. The lowest BCUT2D eigenvalue weighted by molar-refractivity contribution is 0.299. The molecule has 2 atom stereocenters. The quantitative estimate of drug-likeness (QED) is 0.845. The predicted molar refractivity (Wildman–Crippen MR) is 97.3 cm³/mol. The molecule has 3 heterocycles. The smallest absolute Gasteiger partial charge is 0.170 e. The molecular weight excluding hydrogens is 304 g/mol. The standard InChI is InChI=1S/C18H24N4S/c1-4-11-22-17(15-9-7-12-21(15)13(2)3)16(20-18(22)23)14-8-5-6-10-19-14/h5-10,12-13,16-17H,4,11H2,1-3H3,(H,20,23)/t16-,17-/m0/s1. The molecule has 0 unspecified atom stereocenters. The molecule has 0 aromatic carbocycles. The fourth-order valence-electron chi connectivity index (χ4n) is 3.34. The van der Waals surface area contributed by atoms with Crippen LogP contribution in [0.1, 0.15) is 56.7 Å². The van der Waals surface area contributed by atoms with Crippen LogP contribution in [0.5, 0.6) is 0 Å². The number of hydrogen-bond donors (Lipinski definition) is 1. The van der Waals surface area contributed by atoms with Crippen molar-refractivity contribution in [2.45, 2.75) is 45.3 Å². The van der Waals surface area contributed by atoms with Gasteiger partial charge in [0.1, 0.15) is 0 Å². The van der Waals surface area contributed by atoms with Gasteiger partial charge in [-0.15, -0.1) is 0 Å². The van der Waals surface area contributed by atoms with Crippen LogP contribution in [-0.4, -0.2) is 26.1 Å². The van der Waals surface area contributed by atoms with E-state index < -0.39 is 0 Å². The number of thiocarbonyl (C=S) groups is 1. The van der Waals surface area contributed by atoms with Gasteiger partial charge in [0.15, 0.2) is 5.11 Å². The van der Waals surface area contributed by atoms with Crippen molar-refractivity contribution >= 4 is 17.3 Å². The third-order valence-corrected chi connectivity index (χ3v) is 4.69. The Hall–Kier alpha value is -1.88. The monoisotopic (exact) mass is 328 g/mol. The Kier molecular flexibility index (Phi) is 4.66. The highest BCUT2D eigenvalue weighted by molar-refractivity contribution is 7.80. The van der Waals surface area contributed by atoms with Gasteiger partial charge in [-0.05, 0) is 56.8 Å². The van der Waals surface area contributed by atoms with Gasteiger partial charge in [-0.2, -0.15) is 0 Å². The Balaban J connectivity index is 2.05. The number of aromatic nitrogens is 2. The van der Waals surface area contributed by atoms with E-state index in [2.05, 4.69) is 64.9 Å². The number of nitrogens with one attached hydrogen (secondary N) is 1. The fourth-order valence-corrected chi connectivity index (χ4v) is 3.67. The van der Waals surface area contributed by atoms with E-state index in [4.69, 9.17) is 12.2 Å². The SMILES string of the molecule is CCCN1C(=S)N[C@@H](c2ccccn2)[C@@H]1c1cccn1C(C)C. The number of nitrogens with zero attached hydrogens (tertiary/aromatic N) is 3. The lowest BCUT2D eigenvalue weighted by atomic mass is 10.0. The van der Waals surface area contributed by atoms with Gasteiger partial charge in [0, 0.05) is 30.7 Å². The van der Waals surface area contributed by atoms with Crippen molar-refractivity contribution in [3.8, 4) is 0 Å². The van der Waals surface area contributed by atoms with Crippen molar-refractivity contribution in [3.05, 3.63) is 54.1 Å². The zero-order valence-electron chi connectivity index (χ0n) is 13.9. The van der Waals surface area contributed by atoms with E-state index in [1.165, 1.54) is 5.69 Å². The Morgan fingerprint density at radius 2 is 2.09 bits per heavy atom. The number of rotatable bonds is 5. The molecule has 0 spiro atoms. The maximum absolute atomic E-state index is 5.62. The van der Waals surface area contributed by atoms with Gasteiger partial charge in [0.05, 0.1) is 17.8 Å². The Labute approximate surface area is 143 Å². The number of hydrogen-bond acceptors (Lipinski definition) is 2. The molecule has 0 amide bonds. The molecule has 122 valence electrons. The van der Waals surface area contributed by atoms with Crippen molar-refractivity contribution in [2.24, 2.45) is 0 Å². The molecule has 4 nitrogen and oxygen atoms in total. The molecule has 1 aliphatic heterocycles. The van der Waals surface area contributed by atoms with Crippen LogP contribution in [0.2, 0.25) is 0 Å². The van der Waals surface area contributed by atoms with E-state index in [1.807, 2.05) is 18.3 Å². The zero-order valence-corrected chi connectivity index (χ0v) is 14.8. The Morgan fingerprint density at radius 3 is 2.74 bits per heavy atom. The van der Waals surface area contributed by atoms with E-state index in [9.17, 15) is 0 Å². The molecular formula is C18H24N4S. The minimum absolute atomic E-state index is 0.0858. The third kappa shape index (κ3) is 2.98. The largest absolute Gasteiger partial charge is 0.352 e. The Morgan fingerprint density at radius 1 is 1.26 bits per heavy atom. The minimum Gasteiger partial charge on any atom is -0.352 e. The third-order valence-electron chi connectivity index (χ3n) is 4.33. The average Bonchev–Trinajstić information content (AvgIpc) is 3.14. The van der Waals surface area contributed by atoms with E-state index in [0.29, 0.717) is 6.04 Å². The van der Waals surface area contributed by atoms with Crippen molar-refractivity contribution < 1.29 is 0 Å². The normalized spacial score (nSPS) is 21.0. The highest BCUT2D eigenvalue weighted by Gasteiger charge is 2.40. The van der Waals surface area contributed by atoms with E-state index in [1.54, 1.807) is 0 Å². The number of pyridine rings is 1. The first-order valence-electron chi connectivity index (χ1n) is 8.28. The van der Waals surface area contributed by atoms with Crippen LogP contribution in [-0.2, 0) is 0 Å². The van der Waals surface area contributed by atoms with Gasteiger partial charge in [0.25, 0.3) is 0 Å². The van der Waals surface area contributed by atoms with Gasteiger partial charge in [0.2, 0.25) is 0 Å². The summed E-state index contributed by atoms with van der Waals surface area (Å²) in [6.45, 7) is 7.56. The molecule has 0 bridgehead atoms. The maximum Gasteiger partial charge on any atom is 0.170 e. The van der Waals surface area contributed by atoms with E-state index in [0.717, 1.165) is 23.8 Å². The second-order valence-electron chi connectivity index (χ2n) is 6.25. The van der Waals surface area contributed by atoms with Gasteiger partial charge < -0.3 is 14.8 Å². The molecule has 3 rings (SSSR count). The van der Waals surface area contributed by atoms with Gasteiger partial charge in [-0.1, -0.05) is 13.0 Å². The molecule has 2 aromatic rings. The first kappa shape index (κ1) is 16.0.